The zero-order valence-corrected chi connectivity index (χ0v) is 23.5. The number of nitrogens with one attached hydrogen (secondary N) is 2. The number of alkyl halides is 3. The van der Waals surface area contributed by atoms with E-state index in [1.54, 1.807) is 29.2 Å². The van der Waals surface area contributed by atoms with Gasteiger partial charge in [-0.1, -0.05) is 29.8 Å². The van der Waals surface area contributed by atoms with E-state index in [1.165, 1.54) is 18.5 Å². The summed E-state index contributed by atoms with van der Waals surface area (Å²) < 4.78 is 67.7. The zero-order chi connectivity index (χ0) is 29.7. The number of benzene rings is 2. The van der Waals surface area contributed by atoms with Crippen LogP contribution in [0.3, 0.4) is 0 Å². The van der Waals surface area contributed by atoms with Gasteiger partial charge in [0.05, 0.1) is 26.8 Å². The highest BCUT2D eigenvalue weighted by Crippen LogP contribution is 2.51. The summed E-state index contributed by atoms with van der Waals surface area (Å²) in [5, 5.41) is 9.81. The molecule has 3 aromatic heterocycles. The molecule has 0 aliphatic heterocycles. The molecule has 15 heteroatoms. The third kappa shape index (κ3) is 5.46. The van der Waals surface area contributed by atoms with Crippen molar-refractivity contribution in [2.45, 2.75) is 36.0 Å². The first-order chi connectivity index (χ1) is 19.9. The largest absolute Gasteiger partial charge is 0.411 e. The fraction of sp³-hybridized carbons (Fsp3) is 0.222. The Balaban J connectivity index is 1.35. The van der Waals surface area contributed by atoms with Crippen molar-refractivity contribution < 1.29 is 21.6 Å². The maximum Gasteiger partial charge on any atom is 0.411 e. The standard InChI is InChI=1S/C27H22ClF3N8O2S/c1-42(40,41)22-12-17(4-7-19(22)28)20-8-9-21-23(35-20)24(38-26(10-11-26)27(29,30)31)37-25(36-21)33-13-16-2-5-18(6-3-16)39-15-32-14-34-39/h2-9,12,14-15H,10-11,13H2,1H3,(H2,33,36,37,38). The van der Waals surface area contributed by atoms with E-state index in [0.29, 0.717) is 23.3 Å². The molecule has 3 heterocycles. The summed E-state index contributed by atoms with van der Waals surface area (Å²) in [6.07, 6.45) is -0.650. The van der Waals surface area contributed by atoms with Crippen molar-refractivity contribution in [1.82, 2.24) is 29.7 Å². The van der Waals surface area contributed by atoms with Crippen molar-refractivity contribution >= 4 is 44.2 Å². The minimum absolute atomic E-state index is 0.0531. The summed E-state index contributed by atoms with van der Waals surface area (Å²) in [5.74, 6) is 0.0294. The van der Waals surface area contributed by atoms with Gasteiger partial charge >= 0.3 is 6.18 Å². The molecule has 2 aromatic carbocycles. The van der Waals surface area contributed by atoms with Gasteiger partial charge in [-0.15, -0.1) is 0 Å². The number of hydrogen-bond donors (Lipinski definition) is 2. The average Bonchev–Trinajstić information content (AvgIpc) is 3.54. The van der Waals surface area contributed by atoms with Gasteiger partial charge < -0.3 is 10.6 Å². The van der Waals surface area contributed by atoms with Gasteiger partial charge in [-0.2, -0.15) is 23.3 Å². The number of pyridine rings is 1. The molecule has 1 aliphatic rings. The Labute approximate surface area is 242 Å². The third-order valence-corrected chi connectivity index (χ3v) is 8.47. The van der Waals surface area contributed by atoms with E-state index in [0.717, 1.165) is 17.5 Å². The van der Waals surface area contributed by atoms with Gasteiger partial charge in [-0.25, -0.2) is 28.1 Å². The number of sulfone groups is 1. The fourth-order valence-electron chi connectivity index (χ4n) is 4.41. The predicted octanol–water partition coefficient (Wildman–Crippen LogP) is 5.45. The first-order valence-corrected chi connectivity index (χ1v) is 14.9. The van der Waals surface area contributed by atoms with Gasteiger partial charge in [0.15, 0.2) is 15.7 Å². The van der Waals surface area contributed by atoms with Crippen LogP contribution in [0.2, 0.25) is 5.02 Å². The number of anilines is 2. The van der Waals surface area contributed by atoms with Gasteiger partial charge in [0.2, 0.25) is 5.95 Å². The maximum absolute atomic E-state index is 13.9. The average molecular weight is 615 g/mol. The van der Waals surface area contributed by atoms with Crippen LogP contribution in [0, 0.1) is 0 Å². The Kier molecular flexibility index (Phi) is 6.77. The summed E-state index contributed by atoms with van der Waals surface area (Å²) in [4.78, 5) is 17.3. The molecule has 2 N–H and O–H groups in total. The molecule has 6 rings (SSSR count). The Morgan fingerprint density at radius 2 is 1.79 bits per heavy atom. The molecular formula is C27H22ClF3N8O2S. The SMILES string of the molecule is CS(=O)(=O)c1cc(-c2ccc3nc(NCc4ccc(-n5cncn5)cc4)nc(NC4(C(F)(F)F)CC4)c3n2)ccc1Cl. The molecule has 0 atom stereocenters. The zero-order valence-electron chi connectivity index (χ0n) is 21.9. The van der Waals surface area contributed by atoms with Gasteiger partial charge in [0.1, 0.15) is 23.7 Å². The molecule has 0 bridgehead atoms. The van der Waals surface area contributed by atoms with E-state index >= 15 is 0 Å². The van der Waals surface area contributed by atoms with Crippen molar-refractivity contribution in [3.63, 3.8) is 0 Å². The fourth-order valence-corrected chi connectivity index (χ4v) is 5.71. The second-order valence-corrected chi connectivity index (χ2v) is 12.3. The van der Waals surface area contributed by atoms with Crippen LogP contribution < -0.4 is 10.6 Å². The second-order valence-electron chi connectivity index (χ2n) is 9.94. The maximum atomic E-state index is 13.9. The van der Waals surface area contributed by atoms with E-state index in [1.807, 2.05) is 24.3 Å². The molecule has 216 valence electrons. The quantitative estimate of drug-likeness (QED) is 0.234. The number of hydrogen-bond acceptors (Lipinski definition) is 9. The highest BCUT2D eigenvalue weighted by molar-refractivity contribution is 7.90. The van der Waals surface area contributed by atoms with Gasteiger partial charge in [0, 0.05) is 18.4 Å². The molecule has 0 saturated heterocycles. The second kappa shape index (κ2) is 10.2. The van der Waals surface area contributed by atoms with Crippen molar-refractivity contribution in [2.24, 2.45) is 0 Å². The normalized spacial score (nSPS) is 14.6. The first kappa shape index (κ1) is 27.8. The Morgan fingerprint density at radius 1 is 1.02 bits per heavy atom. The number of halogens is 4. The monoisotopic (exact) mass is 614 g/mol. The molecule has 1 saturated carbocycles. The number of fused-ring (bicyclic) bond motifs is 1. The highest BCUT2D eigenvalue weighted by atomic mass is 35.5. The Hall–Kier alpha value is -4.30. The van der Waals surface area contributed by atoms with Gasteiger partial charge in [-0.05, 0) is 54.8 Å². The van der Waals surface area contributed by atoms with Crippen LogP contribution in [0.4, 0.5) is 24.9 Å². The lowest BCUT2D eigenvalue weighted by atomic mass is 10.1. The predicted molar refractivity (Wildman–Crippen MR) is 151 cm³/mol. The Bertz CT molecular complexity index is 1900. The summed E-state index contributed by atoms with van der Waals surface area (Å²) in [5.41, 5.74) is 0.741. The van der Waals surface area contributed by atoms with Crippen LogP contribution in [-0.2, 0) is 16.4 Å². The van der Waals surface area contributed by atoms with Crippen molar-refractivity contribution in [1.29, 1.82) is 0 Å². The van der Waals surface area contributed by atoms with Crippen LogP contribution in [0.1, 0.15) is 18.4 Å². The first-order valence-electron chi connectivity index (χ1n) is 12.6. The summed E-state index contributed by atoms with van der Waals surface area (Å²) in [6, 6.07) is 15.1. The number of nitrogens with zero attached hydrogens (tertiary/aromatic N) is 6. The topological polar surface area (TPSA) is 128 Å². The Morgan fingerprint density at radius 3 is 2.43 bits per heavy atom. The minimum atomic E-state index is -4.50. The molecule has 0 amide bonds. The van der Waals surface area contributed by atoms with Crippen LogP contribution >= 0.6 is 11.6 Å². The lowest BCUT2D eigenvalue weighted by molar-refractivity contribution is -0.151. The smallest absolute Gasteiger partial charge is 0.354 e. The summed E-state index contributed by atoms with van der Waals surface area (Å²) in [6.45, 7) is 0.303. The molecule has 10 nitrogen and oxygen atoms in total. The number of aromatic nitrogens is 6. The van der Waals surface area contributed by atoms with Gasteiger partial charge in [-0.3, -0.25) is 0 Å². The van der Waals surface area contributed by atoms with Crippen molar-refractivity contribution in [3.05, 3.63) is 77.8 Å². The van der Waals surface area contributed by atoms with E-state index in [4.69, 9.17) is 11.6 Å². The van der Waals surface area contributed by atoms with Crippen molar-refractivity contribution in [2.75, 3.05) is 16.9 Å². The molecule has 0 unspecified atom stereocenters. The highest BCUT2D eigenvalue weighted by Gasteiger charge is 2.64. The van der Waals surface area contributed by atoms with E-state index in [9.17, 15) is 21.6 Å². The minimum Gasteiger partial charge on any atom is -0.354 e. The van der Waals surface area contributed by atoms with Crippen LogP contribution in [-0.4, -0.2) is 56.1 Å². The number of rotatable bonds is 8. The molecule has 0 radical (unpaired) electrons. The van der Waals surface area contributed by atoms with E-state index in [-0.39, 0.29) is 40.0 Å². The third-order valence-electron chi connectivity index (χ3n) is 6.89. The van der Waals surface area contributed by atoms with Crippen LogP contribution in [0.15, 0.2) is 72.1 Å². The van der Waals surface area contributed by atoms with E-state index < -0.39 is 21.6 Å². The molecule has 1 fully saturated rings. The van der Waals surface area contributed by atoms with Crippen LogP contribution in [0.5, 0.6) is 0 Å². The lowest BCUT2D eigenvalue weighted by Crippen LogP contribution is -2.39. The van der Waals surface area contributed by atoms with Crippen molar-refractivity contribution in [3.8, 4) is 16.9 Å². The molecule has 5 aromatic rings. The molecule has 42 heavy (non-hydrogen) atoms. The lowest BCUT2D eigenvalue weighted by Gasteiger charge is -2.22. The summed E-state index contributed by atoms with van der Waals surface area (Å²) in [7, 11) is -3.63. The molecule has 0 spiro atoms. The molecular weight excluding hydrogens is 593 g/mol. The van der Waals surface area contributed by atoms with E-state index in [2.05, 4.69) is 35.7 Å². The molecule has 1 aliphatic carbocycles. The van der Waals surface area contributed by atoms with Gasteiger partial charge in [0.25, 0.3) is 0 Å². The van der Waals surface area contributed by atoms with Crippen LogP contribution in [0.25, 0.3) is 28.0 Å². The summed E-state index contributed by atoms with van der Waals surface area (Å²) >= 11 is 6.08.